The van der Waals surface area contributed by atoms with Crippen LogP contribution in [0, 0.1) is 13.5 Å². The van der Waals surface area contributed by atoms with Gasteiger partial charge >= 0.3 is 5.37 Å². The third-order valence-corrected chi connectivity index (χ3v) is 6.63. The van der Waals surface area contributed by atoms with E-state index in [-0.39, 0.29) is 15.7 Å². The highest BCUT2D eigenvalue weighted by molar-refractivity contribution is 7.91. The Bertz CT molecular complexity index is 935. The molecule has 2 aromatic carbocycles. The fraction of sp³-hybridized carbons (Fsp3) is 0.435. The number of hydrogen-bond acceptors (Lipinski definition) is 2. The summed E-state index contributed by atoms with van der Waals surface area (Å²) >= 11 is 0. The number of nitrogens with zero attached hydrogens (tertiary/aromatic N) is 1. The Morgan fingerprint density at radius 2 is 1.30 bits per heavy atom. The van der Waals surface area contributed by atoms with Crippen molar-refractivity contribution in [3.63, 3.8) is 0 Å². The van der Waals surface area contributed by atoms with Gasteiger partial charge in [0.1, 0.15) is 0 Å². The lowest BCUT2D eigenvalue weighted by molar-refractivity contribution is 0.565. The molecule has 0 aliphatic heterocycles. The molecule has 144 valence electrons. The SMILES string of the molecule is [C-]#[N+]C(c1cc(C(C)(C)C)cc(C(C)(C)C)c1)S(=O)(=O)c1ccc(C)cc1. The van der Waals surface area contributed by atoms with Gasteiger partial charge in [-0.05, 0) is 53.1 Å². The molecule has 1 atom stereocenters. The fourth-order valence-electron chi connectivity index (χ4n) is 2.84. The van der Waals surface area contributed by atoms with Crippen molar-refractivity contribution >= 4 is 9.84 Å². The number of benzene rings is 2. The summed E-state index contributed by atoms with van der Waals surface area (Å²) in [5.41, 5.74) is 3.32. The first kappa shape index (κ1) is 21.2. The monoisotopic (exact) mass is 383 g/mol. The second kappa shape index (κ2) is 7.13. The van der Waals surface area contributed by atoms with Crippen molar-refractivity contribution in [2.24, 2.45) is 0 Å². The highest BCUT2D eigenvalue weighted by atomic mass is 32.2. The molecule has 0 radical (unpaired) electrons. The summed E-state index contributed by atoms with van der Waals surface area (Å²) in [5, 5.41) is -1.25. The van der Waals surface area contributed by atoms with Crippen LogP contribution in [0.5, 0.6) is 0 Å². The smallest absolute Gasteiger partial charge is 0.291 e. The van der Waals surface area contributed by atoms with Gasteiger partial charge in [0.25, 0.3) is 9.84 Å². The van der Waals surface area contributed by atoms with E-state index in [2.05, 4.69) is 52.5 Å². The largest absolute Gasteiger partial charge is 0.350 e. The fourth-order valence-corrected chi connectivity index (χ4v) is 4.25. The Kier molecular flexibility index (Phi) is 5.59. The van der Waals surface area contributed by atoms with E-state index in [1.54, 1.807) is 24.3 Å². The highest BCUT2D eigenvalue weighted by Crippen LogP contribution is 2.36. The van der Waals surface area contributed by atoms with Crippen molar-refractivity contribution in [1.82, 2.24) is 0 Å². The molecule has 0 saturated carbocycles. The first-order valence-corrected chi connectivity index (χ1v) is 10.6. The van der Waals surface area contributed by atoms with Crippen molar-refractivity contribution in [1.29, 1.82) is 0 Å². The summed E-state index contributed by atoms with van der Waals surface area (Å²) in [6, 6.07) is 12.6. The van der Waals surface area contributed by atoms with Crippen molar-refractivity contribution < 1.29 is 8.42 Å². The molecule has 2 aromatic rings. The molecule has 4 heteroatoms. The predicted octanol–water partition coefficient (Wildman–Crippen LogP) is 5.98. The van der Waals surface area contributed by atoms with E-state index in [0.717, 1.165) is 16.7 Å². The third kappa shape index (κ3) is 4.59. The standard InChI is InChI=1S/C23H29NO2S/c1-16-9-11-20(12-10-16)27(25,26)21(24-8)17-13-18(22(2,3)4)15-19(14-17)23(5,6)7/h9-15,21H,1-7H3. The number of sulfone groups is 1. The van der Waals surface area contributed by atoms with Gasteiger partial charge in [0.2, 0.25) is 0 Å². The molecule has 0 spiro atoms. The van der Waals surface area contributed by atoms with E-state index in [4.69, 9.17) is 6.57 Å². The maximum Gasteiger partial charge on any atom is 0.350 e. The summed E-state index contributed by atoms with van der Waals surface area (Å²) in [5.74, 6) is 0. The van der Waals surface area contributed by atoms with E-state index < -0.39 is 15.2 Å². The van der Waals surface area contributed by atoms with Crippen molar-refractivity contribution in [3.8, 4) is 0 Å². The van der Waals surface area contributed by atoms with Gasteiger partial charge in [0, 0.05) is 0 Å². The van der Waals surface area contributed by atoms with Gasteiger partial charge in [-0.1, -0.05) is 65.3 Å². The molecule has 2 rings (SSSR count). The number of rotatable bonds is 3. The topological polar surface area (TPSA) is 38.5 Å². The van der Waals surface area contributed by atoms with Crippen LogP contribution < -0.4 is 0 Å². The molecule has 3 nitrogen and oxygen atoms in total. The molecule has 0 amide bonds. The Morgan fingerprint density at radius 3 is 1.67 bits per heavy atom. The lowest BCUT2D eigenvalue weighted by Crippen LogP contribution is -2.19. The molecule has 27 heavy (non-hydrogen) atoms. The Morgan fingerprint density at radius 1 is 0.852 bits per heavy atom. The van der Waals surface area contributed by atoms with Crippen LogP contribution in [0.3, 0.4) is 0 Å². The first-order chi connectivity index (χ1) is 12.3. The van der Waals surface area contributed by atoms with Crippen LogP contribution in [0.2, 0.25) is 0 Å². The highest BCUT2D eigenvalue weighted by Gasteiger charge is 2.36. The molecule has 0 N–H and O–H groups in total. The second-order valence-electron chi connectivity index (χ2n) is 9.18. The van der Waals surface area contributed by atoms with Crippen molar-refractivity contribution in [2.75, 3.05) is 0 Å². The summed E-state index contributed by atoms with van der Waals surface area (Å²) < 4.78 is 26.4. The molecular formula is C23H29NO2S. The van der Waals surface area contributed by atoms with Gasteiger partial charge in [-0.15, -0.1) is 0 Å². The zero-order valence-corrected chi connectivity index (χ0v) is 18.1. The van der Waals surface area contributed by atoms with E-state index >= 15 is 0 Å². The van der Waals surface area contributed by atoms with Crippen LogP contribution in [-0.4, -0.2) is 8.42 Å². The molecule has 0 bridgehead atoms. The second-order valence-corrected chi connectivity index (χ2v) is 11.2. The average Bonchev–Trinajstić information content (AvgIpc) is 2.53. The predicted molar refractivity (Wildman–Crippen MR) is 112 cm³/mol. The molecule has 0 aliphatic carbocycles. The van der Waals surface area contributed by atoms with Crippen LogP contribution in [0.4, 0.5) is 0 Å². The molecule has 1 unspecified atom stereocenters. The molecular weight excluding hydrogens is 354 g/mol. The van der Waals surface area contributed by atoms with Crippen molar-refractivity contribution in [3.05, 3.63) is 76.1 Å². The number of hydrogen-bond donors (Lipinski definition) is 0. The Balaban J connectivity index is 2.69. The third-order valence-electron chi connectivity index (χ3n) is 4.73. The van der Waals surface area contributed by atoms with Gasteiger partial charge in [-0.25, -0.2) is 15.0 Å². The van der Waals surface area contributed by atoms with Crippen LogP contribution in [0.25, 0.3) is 4.85 Å². The van der Waals surface area contributed by atoms with E-state index in [9.17, 15) is 8.42 Å². The summed E-state index contributed by atoms with van der Waals surface area (Å²) in [7, 11) is -3.80. The van der Waals surface area contributed by atoms with E-state index in [1.165, 1.54) is 0 Å². The quantitative estimate of drug-likeness (QED) is 0.611. The normalized spacial score (nSPS) is 13.9. The van der Waals surface area contributed by atoms with Crippen LogP contribution >= 0.6 is 0 Å². The molecule has 0 saturated heterocycles. The van der Waals surface area contributed by atoms with Gasteiger partial charge in [-0.2, -0.15) is 0 Å². The van der Waals surface area contributed by atoms with Gasteiger partial charge in [0.15, 0.2) is 0 Å². The lowest BCUT2D eigenvalue weighted by Gasteiger charge is -2.26. The van der Waals surface area contributed by atoms with Crippen LogP contribution in [0.1, 0.15) is 69.2 Å². The minimum Gasteiger partial charge on any atom is -0.291 e. The van der Waals surface area contributed by atoms with Gasteiger partial charge < -0.3 is 0 Å². The van der Waals surface area contributed by atoms with E-state index in [1.807, 2.05) is 19.1 Å². The van der Waals surface area contributed by atoms with Gasteiger partial charge in [0.05, 0.1) is 10.5 Å². The molecule has 0 fully saturated rings. The van der Waals surface area contributed by atoms with Gasteiger partial charge in [-0.3, -0.25) is 4.85 Å². The zero-order chi connectivity index (χ0) is 20.6. The molecule has 0 aromatic heterocycles. The zero-order valence-electron chi connectivity index (χ0n) is 17.3. The molecule has 0 heterocycles. The van der Waals surface area contributed by atoms with Crippen LogP contribution in [-0.2, 0) is 20.7 Å². The summed E-state index contributed by atoms with van der Waals surface area (Å²) in [4.78, 5) is 3.72. The van der Waals surface area contributed by atoms with E-state index in [0.29, 0.717) is 5.56 Å². The van der Waals surface area contributed by atoms with Crippen molar-refractivity contribution in [2.45, 2.75) is 69.6 Å². The first-order valence-electron chi connectivity index (χ1n) is 9.10. The Labute approximate surface area is 164 Å². The Hall–Kier alpha value is -2.12. The maximum atomic E-state index is 13.2. The average molecular weight is 384 g/mol. The summed E-state index contributed by atoms with van der Waals surface area (Å²) in [6.45, 7) is 22.1. The minimum atomic E-state index is -3.80. The maximum absolute atomic E-state index is 13.2. The minimum absolute atomic E-state index is 0.143. The van der Waals surface area contributed by atoms with Crippen LogP contribution in [0.15, 0.2) is 47.4 Å². The molecule has 0 aliphatic rings. The summed E-state index contributed by atoms with van der Waals surface area (Å²) in [6.07, 6.45) is 0. The number of aryl methyl sites for hydroxylation is 1. The lowest BCUT2D eigenvalue weighted by atomic mass is 9.79.